The van der Waals surface area contributed by atoms with Crippen LogP contribution in [0.3, 0.4) is 0 Å². The highest BCUT2D eigenvalue weighted by atomic mass is 32.2. The summed E-state index contributed by atoms with van der Waals surface area (Å²) in [5.74, 6) is -0.547. The maximum atomic E-state index is 14.3. The number of hydrogen-bond acceptors (Lipinski definition) is 10. The van der Waals surface area contributed by atoms with Crippen LogP contribution in [0.1, 0.15) is 84.4 Å². The molecule has 1 saturated heterocycles. The third-order valence-electron chi connectivity index (χ3n) is 6.55. The first-order valence-electron chi connectivity index (χ1n) is 14.4. The Kier molecular flexibility index (Phi) is 11.8. The van der Waals surface area contributed by atoms with Crippen LogP contribution in [0, 0.1) is 11.8 Å². The van der Waals surface area contributed by atoms with Gasteiger partial charge in [-0.25, -0.2) is 23.2 Å². The smallest absolute Gasteiger partial charge is 0.410 e. The SMILES string of the molecule is COC(=O)[C@@H]1C[C@H](N(CC(C)C)C(=O)c2cnc(C(C)(C)C)nc2NCCCS(C)(=O)=O)CN(C(=O)OC(C)(C)C)C1. The van der Waals surface area contributed by atoms with Gasteiger partial charge in [-0.15, -0.1) is 0 Å². The Bertz CT molecular complexity index is 1220. The minimum Gasteiger partial charge on any atom is -0.469 e. The number of methoxy groups -OCH3 is 1. The lowest BCUT2D eigenvalue weighted by Crippen LogP contribution is -2.57. The first-order chi connectivity index (χ1) is 19.2. The van der Waals surface area contributed by atoms with Gasteiger partial charge >= 0.3 is 12.1 Å². The van der Waals surface area contributed by atoms with Gasteiger partial charge in [0.15, 0.2) is 0 Å². The van der Waals surface area contributed by atoms with E-state index in [0.717, 1.165) is 0 Å². The largest absolute Gasteiger partial charge is 0.469 e. The number of piperidine rings is 1. The molecule has 1 aliphatic rings. The van der Waals surface area contributed by atoms with E-state index in [-0.39, 0.29) is 36.2 Å². The van der Waals surface area contributed by atoms with Crippen LogP contribution >= 0.6 is 0 Å². The van der Waals surface area contributed by atoms with Gasteiger partial charge in [0.1, 0.15) is 32.6 Å². The zero-order chi connectivity index (χ0) is 32.0. The maximum absolute atomic E-state index is 14.3. The van der Waals surface area contributed by atoms with E-state index in [1.54, 1.807) is 25.7 Å². The van der Waals surface area contributed by atoms with Gasteiger partial charge in [0.2, 0.25) is 0 Å². The number of sulfone groups is 1. The number of nitrogens with zero attached hydrogens (tertiary/aromatic N) is 4. The molecule has 2 rings (SSSR count). The summed E-state index contributed by atoms with van der Waals surface area (Å²) < 4.78 is 33.9. The average Bonchev–Trinajstić information content (AvgIpc) is 2.86. The number of hydrogen-bond donors (Lipinski definition) is 1. The van der Waals surface area contributed by atoms with E-state index in [4.69, 9.17) is 9.47 Å². The molecule has 0 unspecified atom stereocenters. The molecule has 2 atom stereocenters. The average molecular weight is 612 g/mol. The molecule has 12 nitrogen and oxygen atoms in total. The van der Waals surface area contributed by atoms with Crippen LogP contribution in [0.5, 0.6) is 0 Å². The number of carbonyl (C=O) groups excluding carboxylic acids is 3. The standard InChI is InChI=1S/C29H49N5O7S/c1-19(2)16-34(21-14-20(25(36)40-9)17-33(18-21)27(37)41-29(6,7)8)24(35)22-15-31-26(28(3,4)5)32-23(22)30-12-11-13-42(10,38)39/h15,19-21H,11-14,16-18H2,1-10H3,(H,30,31,32)/t20-,21+/m1/s1. The molecule has 0 spiro atoms. The van der Waals surface area contributed by atoms with Crippen molar-refractivity contribution in [2.24, 2.45) is 11.8 Å². The number of rotatable bonds is 10. The molecule has 1 aliphatic heterocycles. The van der Waals surface area contributed by atoms with E-state index in [0.29, 0.717) is 37.6 Å². The highest BCUT2D eigenvalue weighted by Gasteiger charge is 2.40. The number of esters is 1. The summed E-state index contributed by atoms with van der Waals surface area (Å²) in [6.07, 6.45) is 2.76. The zero-order valence-corrected chi connectivity index (χ0v) is 27.6. The van der Waals surface area contributed by atoms with Crippen LogP contribution in [0.15, 0.2) is 6.20 Å². The second-order valence-corrected chi connectivity index (χ2v) is 15.7. The summed E-state index contributed by atoms with van der Waals surface area (Å²) in [5, 5.41) is 3.16. The van der Waals surface area contributed by atoms with Crippen molar-refractivity contribution in [3.05, 3.63) is 17.6 Å². The molecule has 2 amide bonds. The van der Waals surface area contributed by atoms with E-state index in [2.05, 4.69) is 15.3 Å². The van der Waals surface area contributed by atoms with Gasteiger partial charge in [0.25, 0.3) is 5.91 Å². The number of aromatic nitrogens is 2. The van der Waals surface area contributed by atoms with Gasteiger partial charge in [0, 0.05) is 44.0 Å². The summed E-state index contributed by atoms with van der Waals surface area (Å²) in [6.45, 7) is 16.1. The second kappa shape index (κ2) is 14.0. The third kappa shape index (κ3) is 10.7. The molecule has 1 N–H and O–H groups in total. The maximum Gasteiger partial charge on any atom is 0.410 e. The van der Waals surface area contributed by atoms with E-state index >= 15 is 0 Å². The molecule has 0 radical (unpaired) electrons. The molecular formula is C29H49N5O7S. The van der Waals surface area contributed by atoms with Gasteiger partial charge in [-0.1, -0.05) is 34.6 Å². The van der Waals surface area contributed by atoms with Crippen molar-refractivity contribution in [2.75, 3.05) is 50.6 Å². The number of ether oxygens (including phenoxy) is 2. The molecule has 0 saturated carbocycles. The molecular weight excluding hydrogens is 562 g/mol. The molecule has 13 heteroatoms. The molecule has 1 aromatic rings. The fraction of sp³-hybridized carbons (Fsp3) is 0.759. The molecule has 2 heterocycles. The zero-order valence-electron chi connectivity index (χ0n) is 26.8. The molecule has 1 fully saturated rings. The Hall–Kier alpha value is -2.96. The Morgan fingerprint density at radius 2 is 1.79 bits per heavy atom. The third-order valence-corrected chi connectivity index (χ3v) is 7.58. The highest BCUT2D eigenvalue weighted by Crippen LogP contribution is 2.28. The number of nitrogens with one attached hydrogen (secondary N) is 1. The van der Waals surface area contributed by atoms with Gasteiger partial charge < -0.3 is 24.6 Å². The van der Waals surface area contributed by atoms with E-state index in [9.17, 15) is 22.8 Å². The fourth-order valence-electron chi connectivity index (χ4n) is 4.63. The van der Waals surface area contributed by atoms with Crippen molar-refractivity contribution in [3.8, 4) is 0 Å². The first kappa shape index (κ1) is 35.2. The fourth-order valence-corrected chi connectivity index (χ4v) is 5.30. The molecule has 238 valence electrons. The topological polar surface area (TPSA) is 148 Å². The lowest BCUT2D eigenvalue weighted by atomic mass is 9.92. The molecule has 0 aromatic carbocycles. The van der Waals surface area contributed by atoms with Crippen molar-refractivity contribution in [1.82, 2.24) is 19.8 Å². The Labute approximate surface area is 250 Å². The summed E-state index contributed by atoms with van der Waals surface area (Å²) in [4.78, 5) is 52.3. The lowest BCUT2D eigenvalue weighted by Gasteiger charge is -2.42. The Balaban J connectivity index is 2.50. The highest BCUT2D eigenvalue weighted by molar-refractivity contribution is 7.90. The minimum absolute atomic E-state index is 0.00252. The van der Waals surface area contributed by atoms with Gasteiger partial charge in [-0.3, -0.25) is 9.59 Å². The number of carbonyl (C=O) groups is 3. The van der Waals surface area contributed by atoms with Crippen molar-refractivity contribution in [1.29, 1.82) is 0 Å². The van der Waals surface area contributed by atoms with Crippen molar-refractivity contribution in [2.45, 2.75) is 85.3 Å². The predicted octanol–water partition coefficient (Wildman–Crippen LogP) is 3.52. The number of anilines is 1. The van der Waals surface area contributed by atoms with Crippen LogP contribution in [0.2, 0.25) is 0 Å². The normalized spacial score (nSPS) is 18.0. The summed E-state index contributed by atoms with van der Waals surface area (Å²) in [5.41, 5.74) is -0.901. The molecule has 1 aromatic heterocycles. The molecule has 0 aliphatic carbocycles. The summed E-state index contributed by atoms with van der Waals surface area (Å²) in [6, 6.07) is -0.509. The van der Waals surface area contributed by atoms with Gasteiger partial charge in [-0.05, 0) is 39.5 Å². The van der Waals surface area contributed by atoms with Crippen LogP contribution in [0.25, 0.3) is 0 Å². The molecule has 0 bridgehead atoms. The van der Waals surface area contributed by atoms with Crippen LogP contribution < -0.4 is 5.32 Å². The van der Waals surface area contributed by atoms with Crippen molar-refractivity contribution >= 4 is 33.6 Å². The predicted molar refractivity (Wildman–Crippen MR) is 161 cm³/mol. The van der Waals surface area contributed by atoms with E-state index < -0.39 is 44.9 Å². The second-order valence-electron chi connectivity index (χ2n) is 13.5. The quantitative estimate of drug-likeness (QED) is 0.308. The Morgan fingerprint density at radius 1 is 1.14 bits per heavy atom. The van der Waals surface area contributed by atoms with Crippen LogP contribution in [0.4, 0.5) is 10.6 Å². The van der Waals surface area contributed by atoms with Crippen molar-refractivity contribution in [3.63, 3.8) is 0 Å². The van der Waals surface area contributed by atoms with Gasteiger partial charge in [0.05, 0.1) is 24.8 Å². The van der Waals surface area contributed by atoms with E-state index in [1.807, 2.05) is 34.6 Å². The first-order valence-corrected chi connectivity index (χ1v) is 16.4. The van der Waals surface area contributed by atoms with Crippen molar-refractivity contribution < 1.29 is 32.3 Å². The Morgan fingerprint density at radius 3 is 2.31 bits per heavy atom. The van der Waals surface area contributed by atoms with E-state index in [1.165, 1.54) is 24.5 Å². The summed E-state index contributed by atoms with van der Waals surface area (Å²) in [7, 11) is -1.84. The monoisotopic (exact) mass is 611 g/mol. The van der Waals surface area contributed by atoms with Crippen LogP contribution in [-0.2, 0) is 29.5 Å². The number of amides is 2. The lowest BCUT2D eigenvalue weighted by molar-refractivity contribution is -0.148. The van der Waals surface area contributed by atoms with Crippen LogP contribution in [-0.4, -0.2) is 103 Å². The number of likely N-dealkylation sites (tertiary alicyclic amines) is 1. The minimum atomic E-state index is -3.14. The molecule has 42 heavy (non-hydrogen) atoms. The summed E-state index contributed by atoms with van der Waals surface area (Å²) >= 11 is 0. The van der Waals surface area contributed by atoms with Gasteiger partial charge in [-0.2, -0.15) is 0 Å².